The van der Waals surface area contributed by atoms with E-state index in [0.717, 1.165) is 51.1 Å². The Hall–Kier alpha value is -2.64. The van der Waals surface area contributed by atoms with Crippen LogP contribution in [0.2, 0.25) is 0 Å². The molecule has 0 spiro atoms. The van der Waals surface area contributed by atoms with Crippen LogP contribution in [0.3, 0.4) is 0 Å². The third-order valence-corrected chi connectivity index (χ3v) is 6.52. The van der Waals surface area contributed by atoms with E-state index in [4.69, 9.17) is 0 Å². The third-order valence-electron chi connectivity index (χ3n) is 4.89. The monoisotopic (exact) mass is 406 g/mol. The highest BCUT2D eigenvalue weighted by molar-refractivity contribution is 7.99. The lowest BCUT2D eigenvalue weighted by molar-refractivity contribution is -0.116. The van der Waals surface area contributed by atoms with Crippen LogP contribution in [0.4, 0.5) is 5.69 Å². The quantitative estimate of drug-likeness (QED) is 0.500. The topological polar surface area (TPSA) is 61.9 Å². The summed E-state index contributed by atoms with van der Waals surface area (Å²) >= 11 is 3.11. The summed E-state index contributed by atoms with van der Waals surface area (Å²) in [5, 5.41) is 3.93. The van der Waals surface area contributed by atoms with Crippen LogP contribution < -0.4 is 4.90 Å². The van der Waals surface area contributed by atoms with Crippen molar-refractivity contribution in [1.29, 1.82) is 0 Å². The molecular weight excluding hydrogens is 388 g/mol. The largest absolute Gasteiger partial charge is 0.333 e. The van der Waals surface area contributed by atoms with Crippen LogP contribution in [-0.2, 0) is 11.2 Å². The molecule has 0 saturated heterocycles. The first-order valence-electron chi connectivity index (χ1n) is 9.11. The number of amides is 1. The van der Waals surface area contributed by atoms with Crippen LogP contribution in [0, 0.1) is 6.92 Å². The van der Waals surface area contributed by atoms with Gasteiger partial charge in [0, 0.05) is 23.2 Å². The minimum atomic E-state index is 0.112. The molecule has 3 heterocycles. The van der Waals surface area contributed by atoms with Crippen molar-refractivity contribution in [2.24, 2.45) is 0 Å². The predicted molar refractivity (Wildman–Crippen MR) is 115 cm³/mol. The van der Waals surface area contributed by atoms with E-state index in [-0.39, 0.29) is 5.91 Å². The Morgan fingerprint density at radius 2 is 2.14 bits per heavy atom. The fraction of sp³-hybridized carbons (Fsp3) is 0.190. The van der Waals surface area contributed by atoms with E-state index >= 15 is 0 Å². The number of rotatable bonds is 4. The molecule has 2 aromatic heterocycles. The van der Waals surface area contributed by atoms with Gasteiger partial charge in [-0.05, 0) is 43.2 Å². The number of fused-ring (bicyclic) bond motifs is 2. The molecule has 0 radical (unpaired) electrons. The van der Waals surface area contributed by atoms with Crippen LogP contribution in [0.1, 0.15) is 10.6 Å². The molecule has 1 amide bonds. The summed E-state index contributed by atoms with van der Waals surface area (Å²) in [5.74, 6) is 0.480. The Bertz CT molecular complexity index is 1150. The molecule has 0 saturated carbocycles. The highest BCUT2D eigenvalue weighted by atomic mass is 32.2. The predicted octanol–water partition coefficient (Wildman–Crippen LogP) is 4.68. The maximum atomic E-state index is 12.8. The van der Waals surface area contributed by atoms with Gasteiger partial charge in [0.1, 0.15) is 0 Å². The van der Waals surface area contributed by atoms with Gasteiger partial charge in [-0.3, -0.25) is 4.79 Å². The van der Waals surface area contributed by atoms with Crippen molar-refractivity contribution in [2.45, 2.75) is 18.5 Å². The van der Waals surface area contributed by atoms with Crippen LogP contribution in [0.25, 0.3) is 22.3 Å². The highest BCUT2D eigenvalue weighted by Gasteiger charge is 2.25. The maximum Gasteiger partial charge on any atom is 0.237 e. The SMILES string of the molecule is Cc1nc(-c2ccc3c(c2)CCN3C(=O)CSc2nc3ccccc3[nH]2)cs1. The van der Waals surface area contributed by atoms with Gasteiger partial charge >= 0.3 is 0 Å². The number of hydrogen-bond acceptors (Lipinski definition) is 5. The molecule has 0 unspecified atom stereocenters. The number of aromatic amines is 1. The normalized spacial score (nSPS) is 13.2. The average molecular weight is 407 g/mol. The van der Waals surface area contributed by atoms with Crippen molar-refractivity contribution >= 4 is 45.7 Å². The summed E-state index contributed by atoms with van der Waals surface area (Å²) < 4.78 is 0. The van der Waals surface area contributed by atoms with Crippen molar-refractivity contribution in [3.63, 3.8) is 0 Å². The molecule has 28 heavy (non-hydrogen) atoms. The molecular formula is C21H18N4OS2. The van der Waals surface area contributed by atoms with Crippen molar-refractivity contribution < 1.29 is 4.79 Å². The maximum absolute atomic E-state index is 12.8. The standard InChI is InChI=1S/C21H18N4OS2/c1-13-22-18(11-27-13)14-6-7-19-15(10-14)8-9-25(19)20(26)12-28-21-23-16-4-2-3-5-17(16)24-21/h2-7,10-11H,8-9,12H2,1H3,(H,23,24). The average Bonchev–Trinajstić information content (AvgIpc) is 3.42. The second-order valence-electron chi connectivity index (χ2n) is 6.74. The van der Waals surface area contributed by atoms with Gasteiger partial charge in [-0.2, -0.15) is 0 Å². The highest BCUT2D eigenvalue weighted by Crippen LogP contribution is 2.33. The smallest absolute Gasteiger partial charge is 0.237 e. The van der Waals surface area contributed by atoms with Gasteiger partial charge in [0.25, 0.3) is 0 Å². The number of thioether (sulfide) groups is 1. The molecule has 0 bridgehead atoms. The van der Waals surface area contributed by atoms with E-state index in [0.29, 0.717) is 5.75 Å². The number of aromatic nitrogens is 3. The molecule has 1 aliphatic rings. The molecule has 1 N–H and O–H groups in total. The first-order valence-corrected chi connectivity index (χ1v) is 11.0. The lowest BCUT2D eigenvalue weighted by Gasteiger charge is -2.17. The summed E-state index contributed by atoms with van der Waals surface area (Å²) in [4.78, 5) is 27.1. The Morgan fingerprint density at radius 3 is 2.96 bits per heavy atom. The Morgan fingerprint density at radius 1 is 1.25 bits per heavy atom. The van der Waals surface area contributed by atoms with Crippen LogP contribution in [0.15, 0.2) is 53.0 Å². The second kappa shape index (κ2) is 7.07. The van der Waals surface area contributed by atoms with E-state index in [1.54, 1.807) is 11.3 Å². The van der Waals surface area contributed by atoms with Gasteiger partial charge < -0.3 is 9.88 Å². The number of anilines is 1. The molecule has 0 fully saturated rings. The number of H-pyrrole nitrogens is 1. The minimum Gasteiger partial charge on any atom is -0.333 e. The van der Waals surface area contributed by atoms with Gasteiger partial charge in [0.2, 0.25) is 5.91 Å². The molecule has 5 rings (SSSR count). The van der Waals surface area contributed by atoms with Gasteiger partial charge in [0.15, 0.2) is 5.16 Å². The fourth-order valence-corrected chi connectivity index (χ4v) is 4.91. The summed E-state index contributed by atoms with van der Waals surface area (Å²) in [6.07, 6.45) is 0.882. The fourth-order valence-electron chi connectivity index (χ4n) is 3.52. The zero-order valence-electron chi connectivity index (χ0n) is 15.3. The van der Waals surface area contributed by atoms with Crippen LogP contribution >= 0.6 is 23.1 Å². The molecule has 0 aliphatic carbocycles. The molecule has 5 nitrogen and oxygen atoms in total. The van der Waals surface area contributed by atoms with E-state index in [1.165, 1.54) is 17.3 Å². The first-order chi connectivity index (χ1) is 13.7. The van der Waals surface area contributed by atoms with Gasteiger partial charge in [-0.15, -0.1) is 11.3 Å². The van der Waals surface area contributed by atoms with Crippen molar-refractivity contribution in [1.82, 2.24) is 15.0 Å². The molecule has 7 heteroatoms. The van der Waals surface area contributed by atoms with Gasteiger partial charge in [0.05, 0.1) is 27.5 Å². The first kappa shape index (κ1) is 17.5. The van der Waals surface area contributed by atoms with Crippen LogP contribution in [-0.4, -0.2) is 33.2 Å². The summed E-state index contributed by atoms with van der Waals surface area (Å²) in [7, 11) is 0. The number of thiazole rings is 1. The molecule has 0 atom stereocenters. The number of carbonyl (C=O) groups is 1. The Labute approximate surface area is 170 Å². The third kappa shape index (κ3) is 3.21. The molecule has 1 aliphatic heterocycles. The number of nitrogens with one attached hydrogen (secondary N) is 1. The second-order valence-corrected chi connectivity index (χ2v) is 8.76. The lowest BCUT2D eigenvalue weighted by atomic mass is 10.1. The molecule has 4 aromatic rings. The van der Waals surface area contributed by atoms with E-state index in [1.807, 2.05) is 36.1 Å². The van der Waals surface area contributed by atoms with E-state index < -0.39 is 0 Å². The van der Waals surface area contributed by atoms with Gasteiger partial charge in [-0.1, -0.05) is 30.0 Å². The number of carbonyl (C=O) groups excluding carboxylic acids is 1. The number of aryl methyl sites for hydroxylation is 1. The summed E-state index contributed by atoms with van der Waals surface area (Å²) in [6, 6.07) is 14.2. The number of hydrogen-bond donors (Lipinski definition) is 1. The number of benzene rings is 2. The van der Waals surface area contributed by atoms with E-state index in [9.17, 15) is 4.79 Å². The lowest BCUT2D eigenvalue weighted by Crippen LogP contribution is -2.30. The summed E-state index contributed by atoms with van der Waals surface area (Å²) in [5.41, 5.74) is 6.28. The number of nitrogens with zero attached hydrogens (tertiary/aromatic N) is 3. The van der Waals surface area contributed by atoms with Crippen molar-refractivity contribution in [3.05, 3.63) is 58.4 Å². The molecule has 140 valence electrons. The summed E-state index contributed by atoms with van der Waals surface area (Å²) in [6.45, 7) is 2.75. The minimum absolute atomic E-state index is 0.112. The zero-order chi connectivity index (χ0) is 19.1. The van der Waals surface area contributed by atoms with Crippen molar-refractivity contribution in [3.8, 4) is 11.3 Å². The van der Waals surface area contributed by atoms with Crippen LogP contribution in [0.5, 0.6) is 0 Å². The molecule has 2 aromatic carbocycles. The van der Waals surface area contributed by atoms with E-state index in [2.05, 4.69) is 38.5 Å². The Balaban J connectivity index is 1.30. The zero-order valence-corrected chi connectivity index (χ0v) is 16.9. The number of para-hydroxylation sites is 2. The Kier molecular flexibility index (Phi) is 4.41. The van der Waals surface area contributed by atoms with Gasteiger partial charge in [-0.25, -0.2) is 9.97 Å². The van der Waals surface area contributed by atoms with Crippen molar-refractivity contribution in [2.75, 3.05) is 17.2 Å². The number of imidazole rings is 1.